The first kappa shape index (κ1) is 18.0. The molecule has 3 aliphatic rings. The Kier molecular flexibility index (Phi) is 5.46. The van der Waals surface area contributed by atoms with Crippen LogP contribution >= 0.6 is 12.4 Å². The molecule has 1 aliphatic carbocycles. The van der Waals surface area contributed by atoms with Gasteiger partial charge < -0.3 is 15.0 Å². The summed E-state index contributed by atoms with van der Waals surface area (Å²) in [4.78, 5) is 14.7. The maximum atomic E-state index is 12.5. The molecule has 2 heterocycles. The highest BCUT2D eigenvalue weighted by Crippen LogP contribution is 2.52. The Bertz CT molecular complexity index is 409. The minimum absolute atomic E-state index is 0. The summed E-state index contributed by atoms with van der Waals surface area (Å²) in [6, 6.07) is 0.454. The molecule has 0 radical (unpaired) electrons. The Labute approximate surface area is 140 Å². The number of nitrogens with one attached hydrogen (secondary N) is 1. The van der Waals surface area contributed by atoms with Crippen molar-refractivity contribution in [2.24, 2.45) is 10.8 Å². The predicted molar refractivity (Wildman–Crippen MR) is 90.3 cm³/mol. The number of hydrogen-bond donors (Lipinski definition) is 1. The summed E-state index contributed by atoms with van der Waals surface area (Å²) in [7, 11) is 0. The molecule has 2 aliphatic heterocycles. The van der Waals surface area contributed by atoms with E-state index in [9.17, 15) is 4.79 Å². The molecule has 0 aromatic heterocycles. The molecule has 3 unspecified atom stereocenters. The number of likely N-dealkylation sites (tertiary alicyclic amines) is 1. The Morgan fingerprint density at radius 2 is 2.09 bits per heavy atom. The molecular weight excluding hydrogens is 300 g/mol. The van der Waals surface area contributed by atoms with Gasteiger partial charge in [-0.3, -0.25) is 4.79 Å². The van der Waals surface area contributed by atoms with E-state index >= 15 is 0 Å². The van der Waals surface area contributed by atoms with Gasteiger partial charge in [-0.05, 0) is 42.9 Å². The lowest BCUT2D eigenvalue weighted by atomic mass is 9.65. The second-order valence-electron chi connectivity index (χ2n) is 8.50. The summed E-state index contributed by atoms with van der Waals surface area (Å²) in [5.41, 5.74) is 0.703. The predicted octanol–water partition coefficient (Wildman–Crippen LogP) is 2.60. The highest BCUT2D eigenvalue weighted by molar-refractivity contribution is 5.85. The number of hydrogen-bond acceptors (Lipinski definition) is 3. The zero-order chi connectivity index (χ0) is 15.1. The monoisotopic (exact) mass is 330 g/mol. The van der Waals surface area contributed by atoms with E-state index in [0.29, 0.717) is 29.5 Å². The van der Waals surface area contributed by atoms with Gasteiger partial charge in [0.1, 0.15) is 0 Å². The number of carbonyl (C=O) groups is 1. The smallest absolute Gasteiger partial charge is 0.236 e. The number of nitrogens with zero attached hydrogens (tertiary/aromatic N) is 1. The van der Waals surface area contributed by atoms with E-state index in [1.54, 1.807) is 0 Å². The molecule has 1 saturated carbocycles. The van der Waals surface area contributed by atoms with Crippen LogP contribution in [0, 0.1) is 10.8 Å². The van der Waals surface area contributed by atoms with Crippen LogP contribution in [0.4, 0.5) is 0 Å². The van der Waals surface area contributed by atoms with Gasteiger partial charge in [-0.1, -0.05) is 20.8 Å². The average Bonchev–Trinajstić information content (AvgIpc) is 2.94. The fraction of sp³-hybridized carbons (Fsp3) is 0.941. The minimum atomic E-state index is 0. The number of amides is 1. The fourth-order valence-electron chi connectivity index (χ4n) is 5.00. The van der Waals surface area contributed by atoms with E-state index in [2.05, 4.69) is 31.0 Å². The van der Waals surface area contributed by atoms with E-state index in [4.69, 9.17) is 4.74 Å². The molecule has 4 nitrogen and oxygen atoms in total. The van der Waals surface area contributed by atoms with Crippen molar-refractivity contribution in [3.8, 4) is 0 Å². The summed E-state index contributed by atoms with van der Waals surface area (Å²) >= 11 is 0. The van der Waals surface area contributed by atoms with Gasteiger partial charge in [0.2, 0.25) is 5.91 Å². The molecule has 2 saturated heterocycles. The first-order valence-electron chi connectivity index (χ1n) is 8.49. The number of rotatable bonds is 4. The van der Waals surface area contributed by atoms with Gasteiger partial charge in [0, 0.05) is 25.7 Å². The number of fused-ring (bicyclic) bond motifs is 2. The summed E-state index contributed by atoms with van der Waals surface area (Å²) in [5, 5.41) is 3.30. The Morgan fingerprint density at radius 3 is 2.77 bits per heavy atom. The van der Waals surface area contributed by atoms with Gasteiger partial charge >= 0.3 is 0 Å². The largest absolute Gasteiger partial charge is 0.377 e. The normalized spacial score (nSPS) is 36.2. The van der Waals surface area contributed by atoms with Crippen molar-refractivity contribution in [2.75, 3.05) is 26.2 Å². The Morgan fingerprint density at radius 1 is 1.32 bits per heavy atom. The van der Waals surface area contributed by atoms with Crippen LogP contribution in [0.15, 0.2) is 0 Å². The molecular formula is C17H31ClN2O2. The Balaban J connectivity index is 0.00000176. The zero-order valence-corrected chi connectivity index (χ0v) is 15.0. The van der Waals surface area contributed by atoms with Crippen molar-refractivity contribution in [1.29, 1.82) is 0 Å². The third-order valence-electron chi connectivity index (χ3n) is 5.41. The second kappa shape index (κ2) is 6.66. The van der Waals surface area contributed by atoms with Crippen LogP contribution in [0.5, 0.6) is 0 Å². The molecule has 2 bridgehead atoms. The van der Waals surface area contributed by atoms with Gasteiger partial charge in [-0.2, -0.15) is 0 Å². The van der Waals surface area contributed by atoms with Gasteiger partial charge in [0.25, 0.3) is 0 Å². The summed E-state index contributed by atoms with van der Waals surface area (Å²) in [6.07, 6.45) is 6.17. The highest BCUT2D eigenvalue weighted by atomic mass is 35.5. The van der Waals surface area contributed by atoms with Gasteiger partial charge in [0.15, 0.2) is 0 Å². The molecule has 3 rings (SSSR count). The van der Waals surface area contributed by atoms with Crippen LogP contribution in [0.2, 0.25) is 0 Å². The molecule has 0 aromatic rings. The third kappa shape index (κ3) is 3.95. The number of carbonyl (C=O) groups excluding carboxylic acids is 1. The van der Waals surface area contributed by atoms with Crippen LogP contribution < -0.4 is 5.32 Å². The van der Waals surface area contributed by atoms with Crippen molar-refractivity contribution < 1.29 is 9.53 Å². The van der Waals surface area contributed by atoms with Crippen LogP contribution in [-0.2, 0) is 9.53 Å². The molecule has 22 heavy (non-hydrogen) atoms. The zero-order valence-electron chi connectivity index (χ0n) is 14.2. The molecule has 0 aromatic carbocycles. The summed E-state index contributed by atoms with van der Waals surface area (Å²) in [5.74, 6) is 0.277. The van der Waals surface area contributed by atoms with Crippen molar-refractivity contribution >= 4 is 18.3 Å². The summed E-state index contributed by atoms with van der Waals surface area (Å²) in [6.45, 7) is 10.2. The molecule has 3 fully saturated rings. The summed E-state index contributed by atoms with van der Waals surface area (Å²) < 4.78 is 5.59. The van der Waals surface area contributed by atoms with E-state index in [1.807, 2.05) is 0 Å². The lowest BCUT2D eigenvalue weighted by Gasteiger charge is -2.39. The van der Waals surface area contributed by atoms with E-state index in [0.717, 1.165) is 39.0 Å². The molecule has 1 amide bonds. The second-order valence-corrected chi connectivity index (χ2v) is 8.50. The Hall–Kier alpha value is -0.320. The maximum absolute atomic E-state index is 12.5. The van der Waals surface area contributed by atoms with Crippen molar-refractivity contribution in [1.82, 2.24) is 10.2 Å². The van der Waals surface area contributed by atoms with Crippen molar-refractivity contribution in [3.63, 3.8) is 0 Å². The SMILES string of the molecule is CC1(C)CC2CC(C)(CN2C(=O)CNCC2CCCO2)C1.Cl. The van der Waals surface area contributed by atoms with Gasteiger partial charge in [-0.25, -0.2) is 0 Å². The number of ether oxygens (including phenoxy) is 1. The third-order valence-corrected chi connectivity index (χ3v) is 5.41. The lowest BCUT2D eigenvalue weighted by molar-refractivity contribution is -0.131. The van der Waals surface area contributed by atoms with Gasteiger partial charge in [-0.15, -0.1) is 12.4 Å². The van der Waals surface area contributed by atoms with E-state index < -0.39 is 0 Å². The first-order chi connectivity index (χ1) is 9.87. The minimum Gasteiger partial charge on any atom is -0.377 e. The van der Waals surface area contributed by atoms with Crippen LogP contribution in [-0.4, -0.2) is 49.2 Å². The van der Waals surface area contributed by atoms with Crippen LogP contribution in [0.1, 0.15) is 52.9 Å². The van der Waals surface area contributed by atoms with Crippen molar-refractivity contribution in [2.45, 2.75) is 65.0 Å². The van der Waals surface area contributed by atoms with E-state index in [-0.39, 0.29) is 18.3 Å². The molecule has 1 N–H and O–H groups in total. The van der Waals surface area contributed by atoms with E-state index in [1.165, 1.54) is 12.8 Å². The van der Waals surface area contributed by atoms with Crippen molar-refractivity contribution in [3.05, 3.63) is 0 Å². The first-order valence-corrected chi connectivity index (χ1v) is 8.49. The molecule has 5 heteroatoms. The van der Waals surface area contributed by atoms with Crippen LogP contribution in [0.25, 0.3) is 0 Å². The van der Waals surface area contributed by atoms with Gasteiger partial charge in [0.05, 0.1) is 12.6 Å². The fourth-order valence-corrected chi connectivity index (χ4v) is 5.00. The maximum Gasteiger partial charge on any atom is 0.236 e. The average molecular weight is 331 g/mol. The van der Waals surface area contributed by atoms with Crippen LogP contribution in [0.3, 0.4) is 0 Å². The molecule has 128 valence electrons. The standard InChI is InChI=1S/C17H30N2O2.ClH/c1-16(2)7-13-8-17(3,11-16)12-19(13)15(20)10-18-9-14-5-4-6-21-14;/h13-14,18H,4-12H2,1-3H3;1H. The number of halogens is 1. The quantitative estimate of drug-likeness (QED) is 0.861. The topological polar surface area (TPSA) is 41.6 Å². The highest BCUT2D eigenvalue weighted by Gasteiger charge is 2.50. The molecule has 0 spiro atoms. The molecule has 3 atom stereocenters. The lowest BCUT2D eigenvalue weighted by Crippen LogP contribution is -2.43.